The van der Waals surface area contributed by atoms with Crippen LogP contribution in [0.2, 0.25) is 0 Å². The first-order chi connectivity index (χ1) is 5.81. The van der Waals surface area contributed by atoms with E-state index in [9.17, 15) is 4.79 Å². The molecule has 0 aliphatic carbocycles. The standard InChI is InChI=1S/C7H13BrO4/c1-10-2-3-11-4-5-12-7(9)6-8/h2-6H2,1H3. The highest BCUT2D eigenvalue weighted by molar-refractivity contribution is 9.09. The summed E-state index contributed by atoms with van der Waals surface area (Å²) in [5.41, 5.74) is 0. The fourth-order valence-electron chi connectivity index (χ4n) is 0.497. The molecule has 0 aromatic carbocycles. The number of methoxy groups -OCH3 is 1. The molecule has 0 aliphatic heterocycles. The zero-order valence-corrected chi connectivity index (χ0v) is 8.63. The van der Waals surface area contributed by atoms with E-state index in [1.54, 1.807) is 7.11 Å². The van der Waals surface area contributed by atoms with Crippen LogP contribution in [0.25, 0.3) is 0 Å². The van der Waals surface area contributed by atoms with Crippen molar-refractivity contribution in [3.8, 4) is 0 Å². The SMILES string of the molecule is COCCOCCOC(=O)CBr. The third-order valence-corrected chi connectivity index (χ3v) is 1.49. The minimum absolute atomic E-state index is 0.227. The van der Waals surface area contributed by atoms with E-state index < -0.39 is 0 Å². The van der Waals surface area contributed by atoms with E-state index in [1.807, 2.05) is 0 Å². The number of hydrogen-bond acceptors (Lipinski definition) is 4. The van der Waals surface area contributed by atoms with Crippen LogP contribution >= 0.6 is 15.9 Å². The lowest BCUT2D eigenvalue weighted by molar-refractivity contribution is -0.141. The minimum Gasteiger partial charge on any atom is -0.463 e. The van der Waals surface area contributed by atoms with Crippen molar-refractivity contribution in [3.63, 3.8) is 0 Å². The van der Waals surface area contributed by atoms with E-state index in [2.05, 4.69) is 15.9 Å². The Balaban J connectivity index is 2.95. The van der Waals surface area contributed by atoms with Crippen LogP contribution in [0.1, 0.15) is 0 Å². The summed E-state index contributed by atoms with van der Waals surface area (Å²) < 4.78 is 14.5. The van der Waals surface area contributed by atoms with Gasteiger partial charge in [-0.15, -0.1) is 0 Å². The normalized spacial score (nSPS) is 9.83. The van der Waals surface area contributed by atoms with E-state index in [1.165, 1.54) is 0 Å². The van der Waals surface area contributed by atoms with Crippen LogP contribution in [0.5, 0.6) is 0 Å². The average Bonchev–Trinajstić information content (AvgIpc) is 2.10. The summed E-state index contributed by atoms with van der Waals surface area (Å²) in [6, 6.07) is 0. The molecule has 0 aromatic heterocycles. The van der Waals surface area contributed by atoms with Crippen molar-refractivity contribution in [2.24, 2.45) is 0 Å². The molecule has 0 saturated carbocycles. The first-order valence-corrected chi connectivity index (χ1v) is 4.71. The van der Waals surface area contributed by atoms with Gasteiger partial charge in [0, 0.05) is 7.11 Å². The van der Waals surface area contributed by atoms with Crippen LogP contribution in [0.4, 0.5) is 0 Å². The number of hydrogen-bond donors (Lipinski definition) is 0. The van der Waals surface area contributed by atoms with E-state index in [4.69, 9.17) is 14.2 Å². The molecular weight excluding hydrogens is 228 g/mol. The zero-order chi connectivity index (χ0) is 9.23. The molecule has 0 aromatic rings. The van der Waals surface area contributed by atoms with Gasteiger partial charge in [-0.2, -0.15) is 0 Å². The third kappa shape index (κ3) is 7.97. The molecule has 0 aliphatic rings. The van der Waals surface area contributed by atoms with E-state index in [-0.39, 0.29) is 11.3 Å². The fourth-order valence-corrected chi connectivity index (χ4v) is 0.659. The maximum absolute atomic E-state index is 10.6. The van der Waals surface area contributed by atoms with Crippen molar-refractivity contribution >= 4 is 21.9 Å². The highest BCUT2D eigenvalue weighted by Gasteiger charge is 1.97. The second-order valence-electron chi connectivity index (χ2n) is 1.96. The monoisotopic (exact) mass is 240 g/mol. The lowest BCUT2D eigenvalue weighted by Crippen LogP contribution is -2.12. The van der Waals surface area contributed by atoms with Crippen molar-refractivity contribution in [1.82, 2.24) is 0 Å². The molecule has 0 rings (SSSR count). The van der Waals surface area contributed by atoms with Crippen LogP contribution in [0.3, 0.4) is 0 Å². The largest absolute Gasteiger partial charge is 0.463 e. The van der Waals surface area contributed by atoms with Gasteiger partial charge >= 0.3 is 5.97 Å². The Morgan fingerprint density at radius 1 is 1.25 bits per heavy atom. The predicted octanol–water partition coefficient (Wildman–Crippen LogP) is 0.588. The second kappa shape index (κ2) is 8.96. The van der Waals surface area contributed by atoms with Gasteiger partial charge in [0.1, 0.15) is 11.9 Å². The van der Waals surface area contributed by atoms with Crippen LogP contribution in [0.15, 0.2) is 0 Å². The summed E-state index contributed by atoms with van der Waals surface area (Å²) in [6.07, 6.45) is 0. The fraction of sp³-hybridized carbons (Fsp3) is 0.857. The number of halogens is 1. The second-order valence-corrected chi connectivity index (χ2v) is 2.52. The Hall–Kier alpha value is -0.130. The highest BCUT2D eigenvalue weighted by atomic mass is 79.9. The molecule has 0 fully saturated rings. The van der Waals surface area contributed by atoms with Gasteiger partial charge in [-0.05, 0) is 0 Å². The lowest BCUT2D eigenvalue weighted by atomic mass is 10.7. The van der Waals surface area contributed by atoms with Gasteiger partial charge in [0.15, 0.2) is 0 Å². The summed E-state index contributed by atoms with van der Waals surface area (Å²) in [5, 5.41) is 0.227. The third-order valence-electron chi connectivity index (χ3n) is 1.03. The zero-order valence-electron chi connectivity index (χ0n) is 7.05. The summed E-state index contributed by atoms with van der Waals surface area (Å²) in [6.45, 7) is 1.81. The molecule has 0 amide bonds. The van der Waals surface area contributed by atoms with Gasteiger partial charge in [0.25, 0.3) is 0 Å². The number of esters is 1. The molecule has 0 bridgehead atoms. The molecular formula is C7H13BrO4. The Bertz CT molecular complexity index is 118. The topological polar surface area (TPSA) is 44.8 Å². The van der Waals surface area contributed by atoms with Gasteiger partial charge in [-0.3, -0.25) is 4.79 Å². The van der Waals surface area contributed by atoms with Gasteiger partial charge in [-0.1, -0.05) is 15.9 Å². The lowest BCUT2D eigenvalue weighted by Gasteiger charge is -2.03. The van der Waals surface area contributed by atoms with E-state index >= 15 is 0 Å². The molecule has 12 heavy (non-hydrogen) atoms. The Morgan fingerprint density at radius 3 is 2.50 bits per heavy atom. The molecule has 0 unspecified atom stereocenters. The van der Waals surface area contributed by atoms with Gasteiger partial charge in [0.2, 0.25) is 0 Å². The minimum atomic E-state index is -0.273. The first-order valence-electron chi connectivity index (χ1n) is 3.59. The summed E-state index contributed by atoms with van der Waals surface area (Å²) >= 11 is 2.97. The predicted molar refractivity (Wildman–Crippen MR) is 47.4 cm³/mol. The quantitative estimate of drug-likeness (QED) is 0.371. The van der Waals surface area contributed by atoms with Crippen molar-refractivity contribution < 1.29 is 19.0 Å². The molecule has 72 valence electrons. The number of alkyl halides is 1. The first kappa shape index (κ1) is 11.9. The van der Waals surface area contributed by atoms with E-state index in [0.717, 1.165) is 0 Å². The van der Waals surface area contributed by atoms with Crippen LogP contribution in [0, 0.1) is 0 Å². The number of carbonyl (C=O) groups is 1. The summed E-state index contributed by atoms with van der Waals surface area (Å²) in [5.74, 6) is -0.273. The number of carbonyl (C=O) groups excluding carboxylic acids is 1. The number of rotatable bonds is 7. The van der Waals surface area contributed by atoms with Crippen LogP contribution in [-0.4, -0.2) is 44.8 Å². The molecule has 0 heterocycles. The Morgan fingerprint density at radius 2 is 1.92 bits per heavy atom. The molecule has 5 heteroatoms. The van der Waals surface area contributed by atoms with Crippen molar-refractivity contribution in [2.75, 3.05) is 38.9 Å². The molecule has 0 N–H and O–H groups in total. The Labute approximate surface area is 80.3 Å². The molecule has 0 spiro atoms. The molecule has 0 radical (unpaired) electrons. The number of ether oxygens (including phenoxy) is 3. The maximum atomic E-state index is 10.6. The van der Waals surface area contributed by atoms with Gasteiger partial charge in [-0.25, -0.2) is 0 Å². The average molecular weight is 241 g/mol. The molecule has 0 saturated heterocycles. The van der Waals surface area contributed by atoms with E-state index in [0.29, 0.717) is 26.4 Å². The van der Waals surface area contributed by atoms with Crippen LogP contribution < -0.4 is 0 Å². The summed E-state index contributed by atoms with van der Waals surface area (Å²) in [4.78, 5) is 10.6. The van der Waals surface area contributed by atoms with Crippen molar-refractivity contribution in [2.45, 2.75) is 0 Å². The van der Waals surface area contributed by atoms with Crippen molar-refractivity contribution in [1.29, 1.82) is 0 Å². The molecule has 4 nitrogen and oxygen atoms in total. The smallest absolute Gasteiger partial charge is 0.316 e. The summed E-state index contributed by atoms with van der Waals surface area (Å²) in [7, 11) is 1.61. The van der Waals surface area contributed by atoms with Crippen molar-refractivity contribution in [3.05, 3.63) is 0 Å². The maximum Gasteiger partial charge on any atom is 0.316 e. The Kier molecular flexibility index (Phi) is 8.86. The van der Waals surface area contributed by atoms with Gasteiger partial charge in [0.05, 0.1) is 19.8 Å². The van der Waals surface area contributed by atoms with Gasteiger partial charge < -0.3 is 14.2 Å². The van der Waals surface area contributed by atoms with Crippen LogP contribution in [-0.2, 0) is 19.0 Å². The highest BCUT2D eigenvalue weighted by Crippen LogP contribution is 1.85. The molecule has 0 atom stereocenters.